The van der Waals surface area contributed by atoms with E-state index in [-0.39, 0.29) is 12.3 Å². The predicted molar refractivity (Wildman–Crippen MR) is 86.4 cm³/mol. The summed E-state index contributed by atoms with van der Waals surface area (Å²) < 4.78 is 5.04. The van der Waals surface area contributed by atoms with Crippen molar-refractivity contribution in [2.45, 2.75) is 0 Å². The largest absolute Gasteiger partial charge is 0.497 e. The number of oxime groups is 1. The Hall–Kier alpha value is -3.42. The topological polar surface area (TPSA) is 102 Å². The van der Waals surface area contributed by atoms with Crippen molar-refractivity contribution in [1.82, 2.24) is 15.8 Å². The molecule has 0 aliphatic carbocycles. The molecule has 8 nitrogen and oxygen atoms in total. The normalized spacial score (nSPS) is 10.2. The first kappa shape index (κ1) is 16.9. The average Bonchev–Trinajstić information content (AvgIpc) is 2.64. The monoisotopic (exact) mass is 328 g/mol. The number of benzene rings is 1. The highest BCUT2D eigenvalue weighted by atomic mass is 16.6. The second kappa shape index (κ2) is 8.89. The maximum absolute atomic E-state index is 11.6. The van der Waals surface area contributed by atoms with E-state index in [1.54, 1.807) is 43.5 Å². The standard InChI is InChI=1S/C16H16N4O4/c1-23-13-7-5-12(6-8-13)10-18-24-11-15(21)19-20-16(22)14-4-2-3-9-17-14/h2-10H,11H2,1H3,(H,19,21)(H,20,22)/b18-10-. The van der Waals surface area contributed by atoms with E-state index in [1.165, 1.54) is 18.5 Å². The SMILES string of the molecule is COc1ccc(/C=N\OCC(=O)NNC(=O)c2ccccn2)cc1. The number of hydrazine groups is 1. The number of carbonyl (C=O) groups excluding carboxylic acids is 2. The molecule has 2 N–H and O–H groups in total. The van der Waals surface area contributed by atoms with Crippen LogP contribution in [0.5, 0.6) is 5.75 Å². The molecule has 1 heterocycles. The number of methoxy groups -OCH3 is 1. The molecule has 0 saturated carbocycles. The number of nitrogens with zero attached hydrogens (tertiary/aromatic N) is 2. The average molecular weight is 328 g/mol. The van der Waals surface area contributed by atoms with Gasteiger partial charge in [0.1, 0.15) is 11.4 Å². The third-order valence-corrected chi connectivity index (χ3v) is 2.80. The van der Waals surface area contributed by atoms with Crippen LogP contribution in [0.3, 0.4) is 0 Å². The Morgan fingerprint density at radius 2 is 1.96 bits per heavy atom. The second-order valence-electron chi connectivity index (χ2n) is 4.50. The van der Waals surface area contributed by atoms with Crippen LogP contribution in [0.1, 0.15) is 16.1 Å². The van der Waals surface area contributed by atoms with Gasteiger partial charge in [0, 0.05) is 6.20 Å². The molecule has 0 radical (unpaired) electrons. The molecule has 0 spiro atoms. The van der Waals surface area contributed by atoms with E-state index in [1.807, 2.05) is 0 Å². The van der Waals surface area contributed by atoms with Crippen molar-refractivity contribution >= 4 is 18.0 Å². The molecule has 0 fully saturated rings. The predicted octanol–water partition coefficient (Wildman–Crippen LogP) is 0.902. The van der Waals surface area contributed by atoms with Gasteiger partial charge in [0.15, 0.2) is 6.61 Å². The summed E-state index contributed by atoms with van der Waals surface area (Å²) in [6.45, 7) is -0.338. The Labute approximate surface area is 138 Å². The maximum atomic E-state index is 11.6. The van der Waals surface area contributed by atoms with Gasteiger partial charge in [-0.15, -0.1) is 0 Å². The summed E-state index contributed by atoms with van der Waals surface area (Å²) in [5.74, 6) is -0.340. The number of ether oxygens (including phenoxy) is 1. The van der Waals surface area contributed by atoms with Gasteiger partial charge in [0.05, 0.1) is 13.3 Å². The molecule has 0 aliphatic heterocycles. The third-order valence-electron chi connectivity index (χ3n) is 2.80. The van der Waals surface area contributed by atoms with Crippen molar-refractivity contribution in [3.05, 3.63) is 59.9 Å². The third kappa shape index (κ3) is 5.41. The lowest BCUT2D eigenvalue weighted by Crippen LogP contribution is -2.43. The number of nitrogens with one attached hydrogen (secondary N) is 2. The molecule has 0 aliphatic rings. The van der Waals surface area contributed by atoms with Gasteiger partial charge in [-0.1, -0.05) is 11.2 Å². The van der Waals surface area contributed by atoms with Crippen molar-refractivity contribution < 1.29 is 19.2 Å². The summed E-state index contributed by atoms with van der Waals surface area (Å²) >= 11 is 0. The van der Waals surface area contributed by atoms with Crippen molar-refractivity contribution in [3.8, 4) is 5.75 Å². The number of hydrogen-bond donors (Lipinski definition) is 2. The van der Waals surface area contributed by atoms with Crippen molar-refractivity contribution in [3.63, 3.8) is 0 Å². The Kier molecular flexibility index (Phi) is 6.27. The molecule has 2 aromatic rings. The van der Waals surface area contributed by atoms with Gasteiger partial charge < -0.3 is 9.57 Å². The smallest absolute Gasteiger partial charge is 0.288 e. The minimum Gasteiger partial charge on any atom is -0.497 e. The first-order valence-corrected chi connectivity index (χ1v) is 6.98. The van der Waals surface area contributed by atoms with Crippen LogP contribution in [-0.4, -0.2) is 36.7 Å². The molecule has 24 heavy (non-hydrogen) atoms. The molecule has 0 bridgehead atoms. The molecule has 2 amide bonds. The van der Waals surface area contributed by atoms with Gasteiger partial charge in [-0.25, -0.2) is 0 Å². The molecule has 0 saturated heterocycles. The van der Waals surface area contributed by atoms with Gasteiger partial charge in [-0.05, 0) is 42.0 Å². The number of aromatic nitrogens is 1. The van der Waals surface area contributed by atoms with Crippen LogP contribution in [0.2, 0.25) is 0 Å². The zero-order valence-corrected chi connectivity index (χ0v) is 12.9. The van der Waals surface area contributed by atoms with Crippen molar-refractivity contribution in [2.24, 2.45) is 5.16 Å². The fourth-order valence-corrected chi connectivity index (χ4v) is 1.61. The van der Waals surface area contributed by atoms with E-state index in [0.29, 0.717) is 0 Å². The summed E-state index contributed by atoms with van der Waals surface area (Å²) in [7, 11) is 1.58. The van der Waals surface area contributed by atoms with Crippen LogP contribution in [0.25, 0.3) is 0 Å². The van der Waals surface area contributed by atoms with Gasteiger partial charge in [-0.3, -0.25) is 25.4 Å². The van der Waals surface area contributed by atoms with Crippen LogP contribution < -0.4 is 15.6 Å². The molecule has 1 aromatic heterocycles. The molecular weight excluding hydrogens is 312 g/mol. The van der Waals surface area contributed by atoms with E-state index in [9.17, 15) is 9.59 Å². The summed E-state index contributed by atoms with van der Waals surface area (Å²) in [5, 5.41) is 3.67. The Morgan fingerprint density at radius 3 is 2.62 bits per heavy atom. The van der Waals surface area contributed by atoms with Gasteiger partial charge in [-0.2, -0.15) is 0 Å². The van der Waals surface area contributed by atoms with E-state index >= 15 is 0 Å². The lowest BCUT2D eigenvalue weighted by molar-refractivity contribution is -0.126. The zero-order chi connectivity index (χ0) is 17.2. The highest BCUT2D eigenvalue weighted by Gasteiger charge is 2.07. The van der Waals surface area contributed by atoms with Crippen molar-refractivity contribution in [2.75, 3.05) is 13.7 Å². The minimum absolute atomic E-state index is 0.191. The van der Waals surface area contributed by atoms with Crippen LogP contribution >= 0.6 is 0 Å². The first-order valence-electron chi connectivity index (χ1n) is 6.98. The number of carbonyl (C=O) groups is 2. The number of rotatable bonds is 6. The number of hydrogen-bond acceptors (Lipinski definition) is 6. The molecule has 0 unspecified atom stereocenters. The molecule has 8 heteroatoms. The van der Waals surface area contributed by atoms with Crippen LogP contribution in [-0.2, 0) is 9.63 Å². The fourth-order valence-electron chi connectivity index (χ4n) is 1.61. The zero-order valence-electron chi connectivity index (χ0n) is 12.9. The summed E-state index contributed by atoms with van der Waals surface area (Å²) in [6, 6.07) is 12.0. The van der Waals surface area contributed by atoms with Crippen LogP contribution in [0.15, 0.2) is 53.8 Å². The fraction of sp³-hybridized carbons (Fsp3) is 0.125. The maximum Gasteiger partial charge on any atom is 0.288 e. The molecule has 124 valence electrons. The molecule has 1 aromatic carbocycles. The van der Waals surface area contributed by atoms with E-state index < -0.39 is 11.8 Å². The summed E-state index contributed by atoms with van der Waals surface area (Å²) in [5.41, 5.74) is 5.41. The lowest BCUT2D eigenvalue weighted by Gasteiger charge is -2.05. The Morgan fingerprint density at radius 1 is 1.17 bits per heavy atom. The van der Waals surface area contributed by atoms with Gasteiger partial charge in [0.2, 0.25) is 0 Å². The highest BCUT2D eigenvalue weighted by Crippen LogP contribution is 2.09. The van der Waals surface area contributed by atoms with E-state index in [0.717, 1.165) is 11.3 Å². The Balaban J connectivity index is 1.69. The minimum atomic E-state index is -0.550. The van der Waals surface area contributed by atoms with E-state index in [4.69, 9.17) is 9.57 Å². The van der Waals surface area contributed by atoms with Crippen LogP contribution in [0, 0.1) is 0 Å². The molecule has 2 rings (SSSR count). The van der Waals surface area contributed by atoms with Gasteiger partial charge in [0.25, 0.3) is 11.8 Å². The Bertz CT molecular complexity index is 702. The number of amides is 2. The summed E-state index contributed by atoms with van der Waals surface area (Å²) in [6.07, 6.45) is 2.94. The second-order valence-corrected chi connectivity index (χ2v) is 4.50. The first-order chi connectivity index (χ1) is 11.7. The van der Waals surface area contributed by atoms with Crippen LogP contribution in [0.4, 0.5) is 0 Å². The quantitative estimate of drug-likeness (QED) is 0.606. The molecule has 0 atom stereocenters. The lowest BCUT2D eigenvalue weighted by atomic mass is 10.2. The summed E-state index contributed by atoms with van der Waals surface area (Å²) in [4.78, 5) is 31.9. The van der Waals surface area contributed by atoms with Gasteiger partial charge >= 0.3 is 0 Å². The van der Waals surface area contributed by atoms with Crippen molar-refractivity contribution in [1.29, 1.82) is 0 Å². The van der Waals surface area contributed by atoms with E-state index in [2.05, 4.69) is 21.0 Å². The highest BCUT2D eigenvalue weighted by molar-refractivity contribution is 5.93. The molecular formula is C16H16N4O4. The number of pyridine rings is 1.